The Morgan fingerprint density at radius 1 is 1.18 bits per heavy atom. The molecule has 7 nitrogen and oxygen atoms in total. The summed E-state index contributed by atoms with van der Waals surface area (Å²) in [4.78, 5) is 5.51. The molecule has 2 aromatic carbocycles. The van der Waals surface area contributed by atoms with Gasteiger partial charge in [-0.05, 0) is 24.3 Å². The lowest BCUT2D eigenvalue weighted by Gasteiger charge is -2.09. The topological polar surface area (TPSA) is 84.8 Å². The first-order chi connectivity index (χ1) is 13.4. The number of halogens is 2. The number of anilines is 1. The summed E-state index contributed by atoms with van der Waals surface area (Å²) >= 11 is 0. The Balaban J connectivity index is 1.91. The molecule has 28 heavy (non-hydrogen) atoms. The van der Waals surface area contributed by atoms with Crippen molar-refractivity contribution in [1.82, 2.24) is 4.98 Å². The largest absolute Gasteiger partial charge is 0.491 e. The predicted molar refractivity (Wildman–Crippen MR) is 99.1 cm³/mol. The Labute approximate surface area is 159 Å². The fourth-order valence-electron chi connectivity index (χ4n) is 2.53. The number of aromatic amines is 1. The third-order valence-electron chi connectivity index (χ3n) is 3.86. The van der Waals surface area contributed by atoms with E-state index >= 15 is 0 Å². The van der Waals surface area contributed by atoms with E-state index in [1.54, 1.807) is 25.3 Å². The lowest BCUT2D eigenvalue weighted by Crippen LogP contribution is -2.13. The van der Waals surface area contributed by atoms with E-state index in [4.69, 9.17) is 16.0 Å². The van der Waals surface area contributed by atoms with Gasteiger partial charge in [0.25, 0.3) is 10.0 Å². The molecule has 1 aromatic heterocycles. The summed E-state index contributed by atoms with van der Waals surface area (Å²) in [6.07, 6.45) is 1.24. The molecule has 0 saturated carbocycles. The smallest absolute Gasteiger partial charge is 0.264 e. The maximum atomic E-state index is 14.0. The Bertz CT molecular complexity index is 1170. The van der Waals surface area contributed by atoms with Gasteiger partial charge in [0.2, 0.25) is 5.69 Å². The fraction of sp³-hybridized carbons (Fsp3) is 0.167. The van der Waals surface area contributed by atoms with Gasteiger partial charge in [0.05, 0.1) is 24.4 Å². The van der Waals surface area contributed by atoms with Crippen molar-refractivity contribution in [1.29, 1.82) is 0 Å². The lowest BCUT2D eigenvalue weighted by atomic mass is 10.2. The first kappa shape index (κ1) is 19.6. The number of hydrogen-bond donors (Lipinski definition) is 2. The monoisotopic (exact) mass is 407 g/mol. The molecule has 0 spiro atoms. The van der Waals surface area contributed by atoms with Gasteiger partial charge in [-0.2, -0.15) is 0 Å². The van der Waals surface area contributed by atoms with Crippen LogP contribution in [0, 0.1) is 18.2 Å². The van der Waals surface area contributed by atoms with Gasteiger partial charge in [-0.25, -0.2) is 22.0 Å². The zero-order valence-corrected chi connectivity index (χ0v) is 15.4. The Morgan fingerprint density at radius 3 is 2.68 bits per heavy atom. The van der Waals surface area contributed by atoms with Crippen molar-refractivity contribution < 1.29 is 26.7 Å². The number of nitrogens with one attached hydrogen (secondary N) is 2. The van der Waals surface area contributed by atoms with Crippen molar-refractivity contribution in [3.05, 3.63) is 59.6 Å². The molecule has 0 atom stereocenters. The minimum absolute atomic E-state index is 0.139. The second kappa shape index (κ2) is 7.84. The van der Waals surface area contributed by atoms with Gasteiger partial charge in [0.1, 0.15) is 28.9 Å². The zero-order valence-electron chi connectivity index (χ0n) is 14.6. The lowest BCUT2D eigenvalue weighted by molar-refractivity contribution is 0.146. The van der Waals surface area contributed by atoms with E-state index in [2.05, 4.69) is 9.83 Å². The molecule has 10 heteroatoms. The van der Waals surface area contributed by atoms with Crippen molar-refractivity contribution in [2.75, 3.05) is 25.0 Å². The normalized spacial score (nSPS) is 11.4. The average Bonchev–Trinajstić information content (AvgIpc) is 3.08. The van der Waals surface area contributed by atoms with Crippen molar-refractivity contribution in [3.63, 3.8) is 0 Å². The van der Waals surface area contributed by atoms with Crippen LogP contribution in [-0.2, 0) is 14.8 Å². The van der Waals surface area contributed by atoms with Gasteiger partial charge in [-0.15, -0.1) is 0 Å². The second-order valence-electron chi connectivity index (χ2n) is 5.70. The maximum Gasteiger partial charge on any atom is 0.264 e. The summed E-state index contributed by atoms with van der Waals surface area (Å²) in [5.74, 6) is -1.55. The maximum absolute atomic E-state index is 14.0. The molecule has 3 aromatic rings. The van der Waals surface area contributed by atoms with Gasteiger partial charge in [-0.1, -0.05) is 0 Å². The molecule has 0 saturated heterocycles. The highest BCUT2D eigenvalue weighted by Gasteiger charge is 2.22. The van der Waals surface area contributed by atoms with Gasteiger partial charge < -0.3 is 14.5 Å². The van der Waals surface area contributed by atoms with Crippen molar-refractivity contribution in [2.45, 2.75) is 4.90 Å². The number of aromatic nitrogens is 1. The molecule has 0 aliphatic heterocycles. The number of H-pyrrole nitrogens is 1. The quantitative estimate of drug-likeness (QED) is 0.461. The van der Waals surface area contributed by atoms with Crippen LogP contribution in [0.15, 0.2) is 41.4 Å². The summed E-state index contributed by atoms with van der Waals surface area (Å²) < 4.78 is 65.5. The van der Waals surface area contributed by atoms with E-state index in [9.17, 15) is 17.2 Å². The van der Waals surface area contributed by atoms with Gasteiger partial charge in [0.15, 0.2) is 0 Å². The van der Waals surface area contributed by atoms with Crippen LogP contribution >= 0.6 is 0 Å². The van der Waals surface area contributed by atoms with E-state index in [0.29, 0.717) is 42.0 Å². The minimum Gasteiger partial charge on any atom is -0.491 e. The number of benzene rings is 2. The van der Waals surface area contributed by atoms with E-state index < -0.39 is 33.0 Å². The van der Waals surface area contributed by atoms with Crippen molar-refractivity contribution >= 4 is 32.3 Å². The molecular weight excluding hydrogens is 392 g/mol. The molecular formula is C18H15F2N3O4S. The molecule has 3 rings (SSSR count). The summed E-state index contributed by atoms with van der Waals surface area (Å²) in [5.41, 5.74) is -0.627. The van der Waals surface area contributed by atoms with Crippen LogP contribution in [0.5, 0.6) is 5.75 Å². The number of nitrogens with zero attached hydrogens (tertiary/aromatic N) is 1. The van der Waals surface area contributed by atoms with Crippen LogP contribution in [0.2, 0.25) is 0 Å². The molecule has 0 aliphatic carbocycles. The van der Waals surface area contributed by atoms with Crippen LogP contribution in [0.1, 0.15) is 0 Å². The molecule has 0 bridgehead atoms. The van der Waals surface area contributed by atoms with Crippen LogP contribution in [0.25, 0.3) is 15.7 Å². The first-order valence-corrected chi connectivity index (χ1v) is 9.46. The third-order valence-corrected chi connectivity index (χ3v) is 5.27. The van der Waals surface area contributed by atoms with Crippen molar-refractivity contribution in [2.24, 2.45) is 0 Å². The Kier molecular flexibility index (Phi) is 5.48. The number of ether oxygens (including phenoxy) is 2. The van der Waals surface area contributed by atoms with Crippen LogP contribution in [0.4, 0.5) is 20.2 Å². The summed E-state index contributed by atoms with van der Waals surface area (Å²) in [6, 6.07) is 6.03. The molecule has 0 radical (unpaired) electrons. The average molecular weight is 407 g/mol. The van der Waals surface area contributed by atoms with Gasteiger partial charge in [-0.3, -0.25) is 4.72 Å². The number of methoxy groups -OCH3 is 1. The molecule has 0 fully saturated rings. The SMILES string of the molecule is [C-]#[N+]c1cc(F)c(NS(=O)(=O)c2c[nH]c3cc(OCCOC)ccc23)cc1F. The van der Waals surface area contributed by atoms with Gasteiger partial charge >= 0.3 is 0 Å². The van der Waals surface area contributed by atoms with Crippen LogP contribution in [-0.4, -0.2) is 33.7 Å². The van der Waals surface area contributed by atoms with E-state index in [0.717, 1.165) is 0 Å². The van der Waals surface area contributed by atoms with E-state index in [1.807, 2.05) is 4.72 Å². The van der Waals surface area contributed by atoms with Gasteiger partial charge in [0, 0.05) is 24.8 Å². The summed E-state index contributed by atoms with van der Waals surface area (Å²) in [7, 11) is -2.67. The molecule has 146 valence electrons. The number of hydrogen-bond acceptors (Lipinski definition) is 4. The first-order valence-electron chi connectivity index (χ1n) is 7.98. The second-order valence-corrected chi connectivity index (χ2v) is 7.35. The summed E-state index contributed by atoms with van der Waals surface area (Å²) in [5, 5.41) is 0.352. The minimum atomic E-state index is -4.22. The molecule has 0 amide bonds. The standard InChI is InChI=1S/C18H15F2N3O4S/c1-21-16-8-14(20)17(9-13(16)19)23-28(24,25)18-10-22-15-7-11(3-4-12(15)18)27-6-5-26-2/h3-4,7-10,22-23H,5-6H2,2H3. The third kappa shape index (κ3) is 3.90. The Hall–Kier alpha value is -3.16. The number of sulfonamides is 1. The highest BCUT2D eigenvalue weighted by atomic mass is 32.2. The summed E-state index contributed by atoms with van der Waals surface area (Å²) in [6.45, 7) is 7.50. The molecule has 0 unspecified atom stereocenters. The number of rotatable bonds is 7. The number of fused-ring (bicyclic) bond motifs is 1. The molecule has 2 N–H and O–H groups in total. The predicted octanol–water partition coefficient (Wildman–Crippen LogP) is 3.82. The zero-order chi connectivity index (χ0) is 20.3. The Morgan fingerprint density at radius 2 is 1.96 bits per heavy atom. The molecule has 1 heterocycles. The van der Waals surface area contributed by atoms with Crippen LogP contribution in [0.3, 0.4) is 0 Å². The fourth-order valence-corrected chi connectivity index (χ4v) is 3.77. The van der Waals surface area contributed by atoms with E-state index in [1.165, 1.54) is 6.20 Å². The van der Waals surface area contributed by atoms with Crippen molar-refractivity contribution in [3.8, 4) is 5.75 Å². The van der Waals surface area contributed by atoms with Crippen LogP contribution < -0.4 is 9.46 Å². The molecule has 0 aliphatic rings. The highest BCUT2D eigenvalue weighted by molar-refractivity contribution is 7.93. The van der Waals surface area contributed by atoms with E-state index in [-0.39, 0.29) is 4.90 Å². The highest BCUT2D eigenvalue weighted by Crippen LogP contribution is 2.30.